The summed E-state index contributed by atoms with van der Waals surface area (Å²) < 4.78 is 11.0. The lowest BCUT2D eigenvalue weighted by Crippen LogP contribution is -2.43. The van der Waals surface area contributed by atoms with E-state index in [9.17, 15) is 0 Å². The lowest BCUT2D eigenvalue weighted by atomic mass is 10.1. The molecule has 0 aliphatic carbocycles. The number of methoxy groups -OCH3 is 1. The summed E-state index contributed by atoms with van der Waals surface area (Å²) in [6.45, 7) is 11.1. The van der Waals surface area contributed by atoms with E-state index in [1.807, 2.05) is 0 Å². The SMILES string of the molecule is CCCCCCOC(CNC(C)(C)C)COC. The van der Waals surface area contributed by atoms with Gasteiger partial charge in [-0.2, -0.15) is 0 Å². The molecule has 0 spiro atoms. The summed E-state index contributed by atoms with van der Waals surface area (Å²) in [4.78, 5) is 0. The Morgan fingerprint density at radius 3 is 2.35 bits per heavy atom. The third-order valence-corrected chi connectivity index (χ3v) is 2.56. The molecule has 0 aliphatic rings. The van der Waals surface area contributed by atoms with Gasteiger partial charge in [-0.15, -0.1) is 0 Å². The van der Waals surface area contributed by atoms with Gasteiger partial charge < -0.3 is 14.8 Å². The quantitative estimate of drug-likeness (QED) is 0.600. The van der Waals surface area contributed by atoms with Gasteiger partial charge in [0.2, 0.25) is 0 Å². The van der Waals surface area contributed by atoms with Crippen molar-refractivity contribution in [2.45, 2.75) is 65.0 Å². The molecule has 0 fully saturated rings. The molecule has 3 nitrogen and oxygen atoms in total. The number of hydrogen-bond donors (Lipinski definition) is 1. The van der Waals surface area contributed by atoms with Crippen molar-refractivity contribution in [2.24, 2.45) is 0 Å². The fourth-order valence-corrected chi connectivity index (χ4v) is 1.55. The van der Waals surface area contributed by atoms with Crippen molar-refractivity contribution in [3.8, 4) is 0 Å². The third-order valence-electron chi connectivity index (χ3n) is 2.56. The molecule has 1 atom stereocenters. The van der Waals surface area contributed by atoms with Crippen molar-refractivity contribution in [2.75, 3.05) is 26.9 Å². The lowest BCUT2D eigenvalue weighted by Gasteiger charge is -2.25. The maximum absolute atomic E-state index is 5.84. The van der Waals surface area contributed by atoms with Crippen LogP contribution in [0.2, 0.25) is 0 Å². The molecule has 0 aromatic heterocycles. The van der Waals surface area contributed by atoms with Gasteiger partial charge in [-0.3, -0.25) is 0 Å². The average Bonchev–Trinajstić information content (AvgIpc) is 2.24. The van der Waals surface area contributed by atoms with Crippen LogP contribution in [0.3, 0.4) is 0 Å². The van der Waals surface area contributed by atoms with Gasteiger partial charge in [-0.1, -0.05) is 26.2 Å². The van der Waals surface area contributed by atoms with Crippen molar-refractivity contribution in [1.29, 1.82) is 0 Å². The summed E-state index contributed by atoms with van der Waals surface area (Å²) >= 11 is 0. The average molecular weight is 245 g/mol. The van der Waals surface area contributed by atoms with Gasteiger partial charge in [0.25, 0.3) is 0 Å². The van der Waals surface area contributed by atoms with Crippen LogP contribution < -0.4 is 5.32 Å². The van der Waals surface area contributed by atoms with E-state index in [0.717, 1.165) is 19.6 Å². The molecule has 0 bridgehead atoms. The Balaban J connectivity index is 3.67. The number of hydrogen-bond acceptors (Lipinski definition) is 3. The van der Waals surface area contributed by atoms with E-state index in [1.165, 1.54) is 19.3 Å². The van der Waals surface area contributed by atoms with Gasteiger partial charge in [-0.25, -0.2) is 0 Å². The second-order valence-electron chi connectivity index (χ2n) is 5.64. The van der Waals surface area contributed by atoms with Crippen molar-refractivity contribution >= 4 is 0 Å². The fourth-order valence-electron chi connectivity index (χ4n) is 1.55. The van der Waals surface area contributed by atoms with Crippen LogP contribution in [0.4, 0.5) is 0 Å². The molecule has 0 aromatic carbocycles. The summed E-state index contributed by atoms with van der Waals surface area (Å²) in [5.74, 6) is 0. The van der Waals surface area contributed by atoms with Crippen LogP contribution in [-0.4, -0.2) is 38.5 Å². The first-order valence-corrected chi connectivity index (χ1v) is 6.85. The summed E-state index contributed by atoms with van der Waals surface area (Å²) in [7, 11) is 1.73. The van der Waals surface area contributed by atoms with Gasteiger partial charge in [0.05, 0.1) is 12.7 Å². The summed E-state index contributed by atoms with van der Waals surface area (Å²) in [5, 5.41) is 3.45. The van der Waals surface area contributed by atoms with E-state index < -0.39 is 0 Å². The summed E-state index contributed by atoms with van der Waals surface area (Å²) in [6.07, 6.45) is 5.17. The molecule has 0 aromatic rings. The summed E-state index contributed by atoms with van der Waals surface area (Å²) in [6, 6.07) is 0. The van der Waals surface area contributed by atoms with Gasteiger partial charge in [-0.05, 0) is 27.2 Å². The Labute approximate surface area is 107 Å². The zero-order valence-corrected chi connectivity index (χ0v) is 12.3. The second kappa shape index (κ2) is 9.86. The highest BCUT2D eigenvalue weighted by Gasteiger charge is 2.14. The number of unbranched alkanes of at least 4 members (excludes halogenated alkanes) is 3. The topological polar surface area (TPSA) is 30.5 Å². The molecule has 0 rings (SSSR count). The predicted molar refractivity (Wildman–Crippen MR) is 73.5 cm³/mol. The molecular formula is C14H31NO2. The highest BCUT2D eigenvalue weighted by atomic mass is 16.5. The van der Waals surface area contributed by atoms with E-state index in [4.69, 9.17) is 9.47 Å². The van der Waals surface area contributed by atoms with Crippen molar-refractivity contribution in [3.05, 3.63) is 0 Å². The third kappa shape index (κ3) is 12.1. The molecule has 17 heavy (non-hydrogen) atoms. The molecule has 0 heterocycles. The van der Waals surface area contributed by atoms with Crippen LogP contribution in [0.1, 0.15) is 53.4 Å². The summed E-state index contributed by atoms with van der Waals surface area (Å²) in [5.41, 5.74) is 0.136. The van der Waals surface area contributed by atoms with E-state index in [-0.39, 0.29) is 11.6 Å². The van der Waals surface area contributed by atoms with E-state index in [1.54, 1.807) is 7.11 Å². The van der Waals surface area contributed by atoms with E-state index in [0.29, 0.717) is 6.61 Å². The molecule has 1 unspecified atom stereocenters. The highest BCUT2D eigenvalue weighted by Crippen LogP contribution is 2.03. The first kappa shape index (κ1) is 16.9. The minimum absolute atomic E-state index is 0.136. The smallest absolute Gasteiger partial charge is 0.0932 e. The zero-order chi connectivity index (χ0) is 13.1. The van der Waals surface area contributed by atoms with Crippen molar-refractivity contribution in [3.63, 3.8) is 0 Å². The molecule has 1 N–H and O–H groups in total. The van der Waals surface area contributed by atoms with Gasteiger partial charge >= 0.3 is 0 Å². The predicted octanol–water partition coefficient (Wildman–Crippen LogP) is 2.99. The number of ether oxygens (including phenoxy) is 2. The van der Waals surface area contributed by atoms with Crippen molar-refractivity contribution < 1.29 is 9.47 Å². The Bertz CT molecular complexity index is 166. The molecular weight excluding hydrogens is 214 g/mol. The molecule has 3 heteroatoms. The Hall–Kier alpha value is -0.120. The van der Waals surface area contributed by atoms with Gasteiger partial charge in [0.15, 0.2) is 0 Å². The van der Waals surface area contributed by atoms with E-state index >= 15 is 0 Å². The largest absolute Gasteiger partial charge is 0.382 e. The van der Waals surface area contributed by atoms with Crippen LogP contribution in [0, 0.1) is 0 Å². The Morgan fingerprint density at radius 2 is 1.82 bits per heavy atom. The van der Waals surface area contributed by atoms with Crippen molar-refractivity contribution in [1.82, 2.24) is 5.32 Å². The van der Waals surface area contributed by atoms with Gasteiger partial charge in [0, 0.05) is 25.8 Å². The molecule has 104 valence electrons. The van der Waals surface area contributed by atoms with Gasteiger partial charge in [0.1, 0.15) is 0 Å². The van der Waals surface area contributed by atoms with Crippen LogP contribution in [0.5, 0.6) is 0 Å². The maximum Gasteiger partial charge on any atom is 0.0932 e. The molecule has 0 radical (unpaired) electrons. The monoisotopic (exact) mass is 245 g/mol. The standard InChI is InChI=1S/C14H31NO2/c1-6-7-8-9-10-17-13(12-16-5)11-15-14(2,3)4/h13,15H,6-12H2,1-5H3. The zero-order valence-electron chi connectivity index (χ0n) is 12.3. The van der Waals surface area contributed by atoms with Crippen LogP contribution in [0.25, 0.3) is 0 Å². The van der Waals surface area contributed by atoms with Crippen LogP contribution >= 0.6 is 0 Å². The molecule has 0 aliphatic heterocycles. The molecule has 0 amide bonds. The second-order valence-corrected chi connectivity index (χ2v) is 5.64. The normalized spacial score (nSPS) is 13.9. The first-order valence-electron chi connectivity index (χ1n) is 6.85. The van der Waals surface area contributed by atoms with Crippen LogP contribution in [0.15, 0.2) is 0 Å². The fraction of sp³-hybridized carbons (Fsp3) is 1.00. The van der Waals surface area contributed by atoms with E-state index in [2.05, 4.69) is 33.0 Å². The lowest BCUT2D eigenvalue weighted by molar-refractivity contribution is -0.00520. The molecule has 0 saturated heterocycles. The Morgan fingerprint density at radius 1 is 1.12 bits per heavy atom. The highest BCUT2D eigenvalue weighted by molar-refractivity contribution is 4.73. The minimum atomic E-state index is 0.136. The maximum atomic E-state index is 5.84. The van der Waals surface area contributed by atoms with Crippen LogP contribution in [-0.2, 0) is 9.47 Å². The molecule has 0 saturated carbocycles. The number of rotatable bonds is 10. The number of nitrogens with one attached hydrogen (secondary N) is 1. The Kier molecular flexibility index (Phi) is 9.79. The minimum Gasteiger partial charge on any atom is -0.382 e. The first-order chi connectivity index (χ1) is 7.99.